The van der Waals surface area contributed by atoms with Crippen LogP contribution >= 0.6 is 39.7 Å². The molecule has 0 bridgehead atoms. The molecule has 0 aliphatic rings. The number of benzene rings is 1. The third-order valence-corrected chi connectivity index (χ3v) is 3.07. The standard InChI is InChI=1S/C10H7BrClFO2S/c1-15-9(14)3-5-2-6(10(12)16)8(13)4-7(5)11/h2,4H,3H2,1H3. The Bertz CT molecular complexity index is 451. The van der Waals surface area contributed by atoms with Gasteiger partial charge in [-0.25, -0.2) is 4.39 Å². The molecule has 0 aromatic heterocycles. The quantitative estimate of drug-likeness (QED) is 0.485. The van der Waals surface area contributed by atoms with E-state index in [9.17, 15) is 9.18 Å². The van der Waals surface area contributed by atoms with E-state index in [1.165, 1.54) is 19.2 Å². The summed E-state index contributed by atoms with van der Waals surface area (Å²) in [5.41, 5.74) is 0.685. The maximum atomic E-state index is 13.4. The SMILES string of the molecule is COC(=O)Cc1cc(C(=S)Cl)c(F)cc1Br. The first-order valence-corrected chi connectivity index (χ1v) is 5.78. The number of methoxy groups -OCH3 is 1. The fourth-order valence-corrected chi connectivity index (χ4v) is 1.86. The van der Waals surface area contributed by atoms with Crippen LogP contribution in [0, 0.1) is 5.82 Å². The predicted molar refractivity (Wildman–Crippen MR) is 67.4 cm³/mol. The second-order valence-electron chi connectivity index (χ2n) is 2.95. The van der Waals surface area contributed by atoms with E-state index in [0.29, 0.717) is 10.0 Å². The summed E-state index contributed by atoms with van der Waals surface area (Å²) in [6, 6.07) is 2.66. The summed E-state index contributed by atoms with van der Waals surface area (Å²) in [5, 5.41) is 0. The molecule has 0 unspecified atom stereocenters. The molecule has 0 atom stereocenters. The Morgan fingerprint density at radius 3 is 2.75 bits per heavy atom. The van der Waals surface area contributed by atoms with Crippen molar-refractivity contribution in [2.24, 2.45) is 0 Å². The van der Waals surface area contributed by atoms with E-state index >= 15 is 0 Å². The minimum absolute atomic E-state index is 0.0316. The molecule has 16 heavy (non-hydrogen) atoms. The molecular formula is C10H7BrClFO2S. The van der Waals surface area contributed by atoms with Gasteiger partial charge in [-0.15, -0.1) is 0 Å². The van der Waals surface area contributed by atoms with Gasteiger partial charge in [0.15, 0.2) is 0 Å². The van der Waals surface area contributed by atoms with Crippen molar-refractivity contribution in [2.75, 3.05) is 7.11 Å². The summed E-state index contributed by atoms with van der Waals surface area (Å²) in [4.78, 5) is 11.1. The fraction of sp³-hybridized carbons (Fsp3) is 0.200. The maximum Gasteiger partial charge on any atom is 0.310 e. The minimum atomic E-state index is -0.527. The van der Waals surface area contributed by atoms with Crippen LogP contribution in [-0.4, -0.2) is 17.4 Å². The van der Waals surface area contributed by atoms with E-state index in [0.717, 1.165) is 0 Å². The maximum absolute atomic E-state index is 13.4. The van der Waals surface area contributed by atoms with Gasteiger partial charge in [0.25, 0.3) is 0 Å². The summed E-state index contributed by atoms with van der Waals surface area (Å²) in [6.07, 6.45) is 0.0316. The lowest BCUT2D eigenvalue weighted by Crippen LogP contribution is -2.06. The van der Waals surface area contributed by atoms with E-state index in [4.69, 9.17) is 11.6 Å². The van der Waals surface area contributed by atoms with Gasteiger partial charge in [0.2, 0.25) is 0 Å². The van der Waals surface area contributed by atoms with Gasteiger partial charge in [-0.05, 0) is 17.7 Å². The second-order valence-corrected chi connectivity index (χ2v) is 4.81. The predicted octanol–water partition coefficient (Wildman–Crippen LogP) is 3.22. The topological polar surface area (TPSA) is 26.3 Å². The molecule has 0 radical (unpaired) electrons. The number of carbonyl (C=O) groups is 1. The largest absolute Gasteiger partial charge is 0.469 e. The summed E-state index contributed by atoms with van der Waals surface area (Å²) in [6.45, 7) is 0. The molecule has 0 aliphatic carbocycles. The molecule has 0 spiro atoms. The number of thiocarbonyl (C=S) groups is 1. The molecule has 6 heteroatoms. The molecule has 2 nitrogen and oxygen atoms in total. The normalized spacial score (nSPS) is 10.0. The molecular weight excluding hydrogens is 319 g/mol. The zero-order valence-electron chi connectivity index (χ0n) is 8.22. The summed E-state index contributed by atoms with van der Waals surface area (Å²) in [7, 11) is 1.28. The van der Waals surface area contributed by atoms with Crippen molar-refractivity contribution in [3.8, 4) is 0 Å². The molecule has 1 aromatic rings. The number of halogens is 3. The highest BCUT2D eigenvalue weighted by molar-refractivity contribution is 9.10. The Hall–Kier alpha value is -0.520. The molecule has 1 aromatic carbocycles. The van der Waals surface area contributed by atoms with Crippen LogP contribution < -0.4 is 0 Å². The van der Waals surface area contributed by atoms with Crippen LogP contribution in [0.5, 0.6) is 0 Å². The zero-order chi connectivity index (χ0) is 12.3. The van der Waals surface area contributed by atoms with Crippen LogP contribution in [0.25, 0.3) is 0 Å². The molecule has 1 rings (SSSR count). The number of hydrogen-bond donors (Lipinski definition) is 0. The fourth-order valence-electron chi connectivity index (χ4n) is 1.11. The number of hydrogen-bond acceptors (Lipinski definition) is 3. The second kappa shape index (κ2) is 5.70. The van der Waals surface area contributed by atoms with E-state index in [-0.39, 0.29) is 16.3 Å². The highest BCUT2D eigenvalue weighted by atomic mass is 79.9. The van der Waals surface area contributed by atoms with Crippen LogP contribution in [0.1, 0.15) is 11.1 Å². The number of ether oxygens (including phenoxy) is 1. The van der Waals surface area contributed by atoms with Gasteiger partial charge >= 0.3 is 5.97 Å². The Morgan fingerprint density at radius 1 is 1.62 bits per heavy atom. The van der Waals surface area contributed by atoms with Crippen molar-refractivity contribution >= 4 is 50.0 Å². The highest BCUT2D eigenvalue weighted by Crippen LogP contribution is 2.23. The first-order valence-electron chi connectivity index (χ1n) is 4.20. The Kier molecular flexibility index (Phi) is 4.83. The Labute approximate surface area is 111 Å². The molecule has 0 aliphatic heterocycles. The van der Waals surface area contributed by atoms with Crippen molar-refractivity contribution in [1.29, 1.82) is 0 Å². The van der Waals surface area contributed by atoms with Crippen LogP contribution in [0.2, 0.25) is 0 Å². The molecule has 0 saturated carbocycles. The lowest BCUT2D eigenvalue weighted by Gasteiger charge is -2.07. The first kappa shape index (κ1) is 13.5. The third kappa shape index (κ3) is 3.23. The van der Waals surface area contributed by atoms with Crippen LogP contribution in [0.15, 0.2) is 16.6 Å². The van der Waals surface area contributed by atoms with Gasteiger partial charge in [-0.3, -0.25) is 4.79 Å². The van der Waals surface area contributed by atoms with E-state index in [1.54, 1.807) is 0 Å². The molecule has 86 valence electrons. The van der Waals surface area contributed by atoms with E-state index in [2.05, 4.69) is 32.9 Å². The summed E-state index contributed by atoms with van der Waals surface area (Å²) in [5.74, 6) is -0.945. The van der Waals surface area contributed by atoms with Gasteiger partial charge in [-0.2, -0.15) is 0 Å². The van der Waals surface area contributed by atoms with Gasteiger partial charge in [0.1, 0.15) is 10.1 Å². The molecule has 0 fully saturated rings. The average molecular weight is 326 g/mol. The lowest BCUT2D eigenvalue weighted by molar-refractivity contribution is -0.139. The van der Waals surface area contributed by atoms with Crippen LogP contribution in [0.3, 0.4) is 0 Å². The number of rotatable bonds is 3. The average Bonchev–Trinajstić information content (AvgIpc) is 2.21. The highest BCUT2D eigenvalue weighted by Gasteiger charge is 2.13. The smallest absolute Gasteiger partial charge is 0.310 e. The van der Waals surface area contributed by atoms with Crippen molar-refractivity contribution in [3.63, 3.8) is 0 Å². The number of carbonyl (C=O) groups excluding carboxylic acids is 1. The van der Waals surface area contributed by atoms with Crippen molar-refractivity contribution in [1.82, 2.24) is 0 Å². The van der Waals surface area contributed by atoms with Crippen molar-refractivity contribution < 1.29 is 13.9 Å². The van der Waals surface area contributed by atoms with Crippen molar-refractivity contribution in [3.05, 3.63) is 33.5 Å². The van der Waals surface area contributed by atoms with Crippen LogP contribution in [-0.2, 0) is 16.0 Å². The minimum Gasteiger partial charge on any atom is -0.469 e. The molecule has 0 N–H and O–H groups in total. The zero-order valence-corrected chi connectivity index (χ0v) is 11.4. The summed E-state index contributed by atoms with van der Waals surface area (Å²) < 4.78 is 18.3. The Balaban J connectivity index is 3.14. The van der Waals surface area contributed by atoms with E-state index < -0.39 is 11.8 Å². The van der Waals surface area contributed by atoms with Crippen molar-refractivity contribution in [2.45, 2.75) is 6.42 Å². The van der Waals surface area contributed by atoms with E-state index in [1.807, 2.05) is 0 Å². The third-order valence-electron chi connectivity index (χ3n) is 1.91. The first-order chi connectivity index (χ1) is 7.45. The van der Waals surface area contributed by atoms with Gasteiger partial charge in [0.05, 0.1) is 13.5 Å². The van der Waals surface area contributed by atoms with Gasteiger partial charge in [-0.1, -0.05) is 39.7 Å². The summed E-state index contributed by atoms with van der Waals surface area (Å²) >= 11 is 13.4. The Morgan fingerprint density at radius 2 is 2.25 bits per heavy atom. The van der Waals surface area contributed by atoms with Gasteiger partial charge < -0.3 is 4.74 Å². The van der Waals surface area contributed by atoms with Gasteiger partial charge in [0, 0.05) is 10.0 Å². The molecule has 0 amide bonds. The lowest BCUT2D eigenvalue weighted by atomic mass is 10.1. The monoisotopic (exact) mass is 324 g/mol. The molecule has 0 saturated heterocycles. The molecule has 0 heterocycles. The van der Waals surface area contributed by atoms with Crippen LogP contribution in [0.4, 0.5) is 4.39 Å². The number of esters is 1.